The fourth-order valence-electron chi connectivity index (χ4n) is 5.15. The van der Waals surface area contributed by atoms with E-state index in [1.807, 2.05) is 13.0 Å². The zero-order chi connectivity index (χ0) is 24.3. The van der Waals surface area contributed by atoms with Crippen LogP contribution in [0.5, 0.6) is 0 Å². The van der Waals surface area contributed by atoms with E-state index in [0.717, 1.165) is 56.4 Å². The Morgan fingerprint density at radius 2 is 2.00 bits per heavy atom. The van der Waals surface area contributed by atoms with Gasteiger partial charge in [-0.05, 0) is 62.8 Å². The van der Waals surface area contributed by atoms with Gasteiger partial charge in [0, 0.05) is 48.8 Å². The predicted molar refractivity (Wildman–Crippen MR) is 131 cm³/mol. The number of halogens is 1. The van der Waals surface area contributed by atoms with Crippen molar-refractivity contribution in [1.29, 1.82) is 5.26 Å². The highest BCUT2D eigenvalue weighted by atomic mass is 35.5. The molecule has 2 amide bonds. The van der Waals surface area contributed by atoms with Gasteiger partial charge < -0.3 is 15.0 Å². The Labute approximate surface area is 207 Å². The van der Waals surface area contributed by atoms with Crippen LogP contribution >= 0.6 is 11.6 Å². The van der Waals surface area contributed by atoms with E-state index >= 15 is 0 Å². The molecule has 184 valence electrons. The maximum absolute atomic E-state index is 12.9. The lowest BCUT2D eigenvalue weighted by Gasteiger charge is -2.41. The Kier molecular flexibility index (Phi) is 7.81. The average molecular weight is 487 g/mol. The van der Waals surface area contributed by atoms with Gasteiger partial charge in [0.25, 0.3) is 0 Å². The number of nitrogens with one attached hydrogen (secondary N) is 1. The second-order valence-electron chi connectivity index (χ2n) is 10.3. The first kappa shape index (κ1) is 25.0. The SMILES string of the molecule is Cc1c(CN2CCN(C(=O)C3CCCC3)C(C)C2)cc(Cl)cc1NC(=O)COCC1(C#N)CC1. The Morgan fingerprint density at radius 3 is 2.65 bits per heavy atom. The lowest BCUT2D eigenvalue weighted by atomic mass is 10.0. The van der Waals surface area contributed by atoms with E-state index in [1.54, 1.807) is 6.07 Å². The van der Waals surface area contributed by atoms with Crippen LogP contribution in [0.2, 0.25) is 5.02 Å². The van der Waals surface area contributed by atoms with E-state index < -0.39 is 0 Å². The van der Waals surface area contributed by atoms with Crippen molar-refractivity contribution >= 4 is 29.1 Å². The molecule has 0 spiro atoms. The van der Waals surface area contributed by atoms with E-state index in [-0.39, 0.29) is 29.9 Å². The first-order valence-electron chi connectivity index (χ1n) is 12.4. The summed E-state index contributed by atoms with van der Waals surface area (Å²) < 4.78 is 5.48. The molecular weight excluding hydrogens is 452 g/mol. The smallest absolute Gasteiger partial charge is 0.250 e. The molecule has 1 aromatic carbocycles. The van der Waals surface area contributed by atoms with Crippen molar-refractivity contribution in [2.45, 2.75) is 65.0 Å². The minimum atomic E-state index is -0.387. The Bertz CT molecular complexity index is 966. The van der Waals surface area contributed by atoms with Gasteiger partial charge in [-0.15, -0.1) is 0 Å². The molecule has 1 unspecified atom stereocenters. The number of hydrogen-bond acceptors (Lipinski definition) is 5. The van der Waals surface area contributed by atoms with Crippen LogP contribution in [0.15, 0.2) is 12.1 Å². The zero-order valence-corrected chi connectivity index (χ0v) is 21.0. The van der Waals surface area contributed by atoms with E-state index in [0.29, 0.717) is 29.8 Å². The number of ether oxygens (including phenoxy) is 1. The summed E-state index contributed by atoms with van der Waals surface area (Å²) in [5.74, 6) is 0.296. The van der Waals surface area contributed by atoms with E-state index in [1.165, 1.54) is 12.8 Å². The third-order valence-electron chi connectivity index (χ3n) is 7.55. The van der Waals surface area contributed by atoms with Crippen molar-refractivity contribution in [3.05, 3.63) is 28.3 Å². The molecule has 1 aromatic rings. The van der Waals surface area contributed by atoms with Crippen LogP contribution in [-0.2, 0) is 20.9 Å². The molecule has 2 saturated carbocycles. The number of nitriles is 1. The largest absolute Gasteiger partial charge is 0.370 e. The van der Waals surface area contributed by atoms with Gasteiger partial charge in [0.2, 0.25) is 11.8 Å². The summed E-state index contributed by atoms with van der Waals surface area (Å²) in [6.45, 7) is 7.44. The molecule has 3 aliphatic rings. The van der Waals surface area contributed by atoms with Crippen LogP contribution in [-0.4, -0.2) is 60.5 Å². The van der Waals surface area contributed by atoms with Crippen LogP contribution in [0, 0.1) is 29.6 Å². The highest BCUT2D eigenvalue weighted by Gasteiger charge is 2.43. The summed E-state index contributed by atoms with van der Waals surface area (Å²) in [5.41, 5.74) is 2.33. The van der Waals surface area contributed by atoms with Gasteiger partial charge in [-0.1, -0.05) is 24.4 Å². The van der Waals surface area contributed by atoms with Gasteiger partial charge in [0.05, 0.1) is 18.1 Å². The topological polar surface area (TPSA) is 85.7 Å². The normalized spacial score (nSPS) is 22.4. The monoisotopic (exact) mass is 486 g/mol. The molecule has 0 aromatic heterocycles. The predicted octanol–water partition coefficient (Wildman–Crippen LogP) is 4.13. The molecular formula is C26H35ClN4O3. The van der Waals surface area contributed by atoms with E-state index in [4.69, 9.17) is 21.6 Å². The maximum atomic E-state index is 12.9. The Hall–Kier alpha value is -2.14. The number of anilines is 1. The van der Waals surface area contributed by atoms with Gasteiger partial charge in [-0.2, -0.15) is 5.26 Å². The second-order valence-corrected chi connectivity index (χ2v) is 10.7. The van der Waals surface area contributed by atoms with Crippen molar-refractivity contribution in [3.8, 4) is 6.07 Å². The number of piperazine rings is 1. The molecule has 1 aliphatic heterocycles. The minimum Gasteiger partial charge on any atom is -0.370 e. The summed E-state index contributed by atoms with van der Waals surface area (Å²) in [5, 5.41) is 12.6. The molecule has 34 heavy (non-hydrogen) atoms. The number of amides is 2. The standard InChI is InChI=1S/C26H35ClN4O3/c1-18-13-30(9-10-31(18)25(33)20-5-3-4-6-20)14-21-11-22(27)12-23(19(21)2)29-24(32)15-34-17-26(16-28)7-8-26/h11-12,18,20H,3-10,13-15,17H2,1-2H3,(H,29,32). The summed E-state index contributed by atoms with van der Waals surface area (Å²) in [4.78, 5) is 29.7. The van der Waals surface area contributed by atoms with Crippen molar-refractivity contribution in [3.63, 3.8) is 0 Å². The molecule has 2 aliphatic carbocycles. The number of carbonyl (C=O) groups excluding carboxylic acids is 2. The molecule has 4 rings (SSSR count). The zero-order valence-electron chi connectivity index (χ0n) is 20.2. The van der Waals surface area contributed by atoms with Gasteiger partial charge in [0.1, 0.15) is 6.61 Å². The molecule has 1 atom stereocenters. The molecule has 1 N–H and O–H groups in total. The van der Waals surface area contributed by atoms with Crippen LogP contribution in [0.1, 0.15) is 56.6 Å². The highest BCUT2D eigenvalue weighted by molar-refractivity contribution is 6.31. The molecule has 1 saturated heterocycles. The van der Waals surface area contributed by atoms with E-state index in [9.17, 15) is 9.59 Å². The van der Waals surface area contributed by atoms with Crippen LogP contribution < -0.4 is 5.32 Å². The highest BCUT2D eigenvalue weighted by Crippen LogP contribution is 2.44. The van der Waals surface area contributed by atoms with Gasteiger partial charge in [0.15, 0.2) is 0 Å². The molecule has 3 fully saturated rings. The second kappa shape index (κ2) is 10.6. The first-order valence-corrected chi connectivity index (χ1v) is 12.8. The molecule has 0 bridgehead atoms. The molecule has 1 heterocycles. The quantitative estimate of drug-likeness (QED) is 0.597. The van der Waals surface area contributed by atoms with Gasteiger partial charge >= 0.3 is 0 Å². The first-order chi connectivity index (χ1) is 16.3. The molecule has 8 heteroatoms. The summed E-state index contributed by atoms with van der Waals surface area (Å²) in [6.07, 6.45) is 6.08. The van der Waals surface area contributed by atoms with Crippen LogP contribution in [0.4, 0.5) is 5.69 Å². The van der Waals surface area contributed by atoms with Crippen LogP contribution in [0.25, 0.3) is 0 Å². The number of hydrogen-bond donors (Lipinski definition) is 1. The maximum Gasteiger partial charge on any atom is 0.250 e. The fourth-order valence-corrected chi connectivity index (χ4v) is 5.39. The summed E-state index contributed by atoms with van der Waals surface area (Å²) in [7, 11) is 0. The third-order valence-corrected chi connectivity index (χ3v) is 7.77. The van der Waals surface area contributed by atoms with Crippen molar-refractivity contribution in [2.24, 2.45) is 11.3 Å². The van der Waals surface area contributed by atoms with Crippen LogP contribution in [0.3, 0.4) is 0 Å². The number of carbonyl (C=O) groups is 2. The summed E-state index contributed by atoms with van der Waals surface area (Å²) in [6, 6.07) is 6.16. The summed E-state index contributed by atoms with van der Waals surface area (Å²) >= 11 is 6.39. The van der Waals surface area contributed by atoms with Crippen molar-refractivity contribution in [2.75, 3.05) is 38.2 Å². The minimum absolute atomic E-state index is 0.0841. The lowest BCUT2D eigenvalue weighted by Crippen LogP contribution is -2.54. The van der Waals surface area contributed by atoms with Crippen molar-refractivity contribution < 1.29 is 14.3 Å². The fraction of sp³-hybridized carbons (Fsp3) is 0.654. The third kappa shape index (κ3) is 5.91. The Balaban J connectivity index is 1.32. The number of benzene rings is 1. The average Bonchev–Trinajstić information content (AvgIpc) is 3.36. The van der Waals surface area contributed by atoms with Gasteiger partial charge in [-0.25, -0.2) is 0 Å². The molecule has 7 nitrogen and oxygen atoms in total. The molecule has 0 radical (unpaired) electrons. The lowest BCUT2D eigenvalue weighted by molar-refractivity contribution is -0.140. The van der Waals surface area contributed by atoms with E-state index in [2.05, 4.69) is 28.1 Å². The van der Waals surface area contributed by atoms with Crippen molar-refractivity contribution in [1.82, 2.24) is 9.80 Å². The van der Waals surface area contributed by atoms with Gasteiger partial charge in [-0.3, -0.25) is 14.5 Å². The number of nitrogens with zero attached hydrogens (tertiary/aromatic N) is 3. The Morgan fingerprint density at radius 1 is 1.26 bits per heavy atom. The number of rotatable bonds is 8.